The van der Waals surface area contributed by atoms with Gasteiger partial charge in [-0.05, 0) is 44.4 Å². The van der Waals surface area contributed by atoms with E-state index < -0.39 is 17.7 Å². The van der Waals surface area contributed by atoms with E-state index in [0.29, 0.717) is 16.7 Å². The molecule has 124 valence electrons. The fraction of sp³-hybridized carbons (Fsp3) is 0.263. The minimum Gasteiger partial charge on any atom is -0.479 e. The predicted octanol–water partition coefficient (Wildman–Crippen LogP) is 3.67. The van der Waals surface area contributed by atoms with Crippen LogP contribution in [0.1, 0.15) is 20.8 Å². The van der Waals surface area contributed by atoms with Gasteiger partial charge >= 0.3 is 11.6 Å². The second-order valence-corrected chi connectivity index (χ2v) is 5.84. The van der Waals surface area contributed by atoms with Crippen LogP contribution in [-0.4, -0.2) is 18.2 Å². The molecule has 0 fully saturated rings. The molecule has 1 aromatic heterocycles. The van der Waals surface area contributed by atoms with E-state index in [1.807, 2.05) is 18.2 Å². The number of ether oxygens (including phenoxy) is 2. The van der Waals surface area contributed by atoms with Gasteiger partial charge in [0.1, 0.15) is 11.3 Å². The maximum atomic E-state index is 12.1. The van der Waals surface area contributed by atoms with E-state index in [1.165, 1.54) is 0 Å². The number of carbonyl (C=O) groups excluding carboxylic acids is 1. The lowest BCUT2D eigenvalue weighted by Crippen LogP contribution is -2.28. The lowest BCUT2D eigenvalue weighted by atomic mass is 10.1. The van der Waals surface area contributed by atoms with Crippen molar-refractivity contribution in [3.63, 3.8) is 0 Å². The highest BCUT2D eigenvalue weighted by atomic mass is 16.6. The molecule has 0 amide bonds. The number of benzene rings is 2. The monoisotopic (exact) mass is 326 g/mol. The van der Waals surface area contributed by atoms with E-state index in [0.717, 1.165) is 10.8 Å². The molecule has 1 atom stereocenters. The van der Waals surface area contributed by atoms with Crippen LogP contribution in [0.15, 0.2) is 51.7 Å². The Labute approximate surface area is 138 Å². The highest BCUT2D eigenvalue weighted by molar-refractivity contribution is 6.04. The van der Waals surface area contributed by atoms with Crippen molar-refractivity contribution in [2.24, 2.45) is 0 Å². The molecular formula is C19H18O5. The van der Waals surface area contributed by atoms with Crippen molar-refractivity contribution < 1.29 is 18.7 Å². The SMILES string of the molecule is CC(C)OC(=O)[C@@H](C)Oc1ccc2c(c1)oc(=O)c1ccccc12. The normalized spacial score (nSPS) is 12.5. The van der Waals surface area contributed by atoms with E-state index in [4.69, 9.17) is 13.9 Å². The fourth-order valence-electron chi connectivity index (χ4n) is 2.51. The van der Waals surface area contributed by atoms with E-state index in [-0.39, 0.29) is 6.10 Å². The van der Waals surface area contributed by atoms with Crippen molar-refractivity contribution in [2.75, 3.05) is 0 Å². The zero-order valence-electron chi connectivity index (χ0n) is 13.7. The molecule has 24 heavy (non-hydrogen) atoms. The first-order valence-electron chi connectivity index (χ1n) is 7.78. The summed E-state index contributed by atoms with van der Waals surface area (Å²) in [7, 11) is 0. The second kappa shape index (κ2) is 6.35. The number of hydrogen-bond acceptors (Lipinski definition) is 5. The summed E-state index contributed by atoms with van der Waals surface area (Å²) in [4.78, 5) is 23.9. The molecule has 5 heteroatoms. The van der Waals surface area contributed by atoms with Gasteiger partial charge in [0.25, 0.3) is 0 Å². The van der Waals surface area contributed by atoms with Gasteiger partial charge in [-0.25, -0.2) is 9.59 Å². The van der Waals surface area contributed by atoms with E-state index in [2.05, 4.69) is 0 Å². The van der Waals surface area contributed by atoms with Crippen molar-refractivity contribution in [1.29, 1.82) is 0 Å². The van der Waals surface area contributed by atoms with Crippen LogP contribution in [0.25, 0.3) is 21.7 Å². The van der Waals surface area contributed by atoms with Crippen molar-refractivity contribution in [3.05, 3.63) is 52.9 Å². The van der Waals surface area contributed by atoms with Crippen LogP contribution in [0.4, 0.5) is 0 Å². The molecule has 1 heterocycles. The number of carbonyl (C=O) groups is 1. The molecule has 2 aromatic carbocycles. The van der Waals surface area contributed by atoms with Gasteiger partial charge in [-0.1, -0.05) is 18.2 Å². The number of hydrogen-bond donors (Lipinski definition) is 0. The number of fused-ring (bicyclic) bond motifs is 3. The van der Waals surface area contributed by atoms with Gasteiger partial charge in [-0.15, -0.1) is 0 Å². The topological polar surface area (TPSA) is 65.7 Å². The molecule has 3 rings (SSSR count). The van der Waals surface area contributed by atoms with Crippen molar-refractivity contribution in [3.8, 4) is 5.75 Å². The molecule has 5 nitrogen and oxygen atoms in total. The highest BCUT2D eigenvalue weighted by Gasteiger charge is 2.18. The quantitative estimate of drug-likeness (QED) is 0.416. The zero-order valence-corrected chi connectivity index (χ0v) is 13.7. The first-order chi connectivity index (χ1) is 11.5. The van der Waals surface area contributed by atoms with Gasteiger partial charge < -0.3 is 13.9 Å². The Balaban J connectivity index is 1.96. The van der Waals surface area contributed by atoms with Crippen LogP contribution in [0.2, 0.25) is 0 Å². The molecule has 0 unspecified atom stereocenters. The molecule has 0 aliphatic carbocycles. The molecule has 0 radical (unpaired) electrons. The Morgan fingerprint density at radius 3 is 2.42 bits per heavy atom. The third-order valence-electron chi connectivity index (χ3n) is 3.59. The summed E-state index contributed by atoms with van der Waals surface area (Å²) in [6.45, 7) is 5.17. The molecule has 0 N–H and O–H groups in total. The van der Waals surface area contributed by atoms with E-state index >= 15 is 0 Å². The highest BCUT2D eigenvalue weighted by Crippen LogP contribution is 2.26. The minimum atomic E-state index is -0.753. The predicted molar refractivity (Wildman–Crippen MR) is 91.3 cm³/mol. The van der Waals surface area contributed by atoms with Crippen LogP contribution in [0.5, 0.6) is 5.75 Å². The van der Waals surface area contributed by atoms with E-state index in [9.17, 15) is 9.59 Å². The summed E-state index contributed by atoms with van der Waals surface area (Å²) in [6, 6.07) is 12.4. The van der Waals surface area contributed by atoms with Gasteiger partial charge in [0.15, 0.2) is 6.10 Å². The van der Waals surface area contributed by atoms with Crippen LogP contribution in [-0.2, 0) is 9.53 Å². The fourth-order valence-corrected chi connectivity index (χ4v) is 2.51. The molecular weight excluding hydrogens is 308 g/mol. The number of esters is 1. The lowest BCUT2D eigenvalue weighted by Gasteiger charge is -2.16. The lowest BCUT2D eigenvalue weighted by molar-refractivity contribution is -0.154. The summed E-state index contributed by atoms with van der Waals surface area (Å²) in [5.74, 6) is -0.000742. The van der Waals surface area contributed by atoms with Crippen molar-refractivity contribution in [2.45, 2.75) is 33.0 Å². The first kappa shape index (κ1) is 16.1. The van der Waals surface area contributed by atoms with Gasteiger partial charge in [-0.3, -0.25) is 0 Å². The molecule has 0 bridgehead atoms. The Bertz CT molecular complexity index is 955. The Morgan fingerprint density at radius 2 is 1.71 bits per heavy atom. The standard InChI is InChI=1S/C19H18O5/c1-11(2)22-18(20)12(3)23-13-8-9-15-14-6-4-5-7-16(14)19(21)24-17(15)10-13/h4-12H,1-3H3/t12-/m1/s1. The Hall–Kier alpha value is -2.82. The van der Waals surface area contributed by atoms with Crippen LogP contribution < -0.4 is 10.4 Å². The molecule has 0 saturated heterocycles. The maximum absolute atomic E-state index is 12.1. The summed E-state index contributed by atoms with van der Waals surface area (Å²) in [5.41, 5.74) is 0.0168. The molecule has 0 aliphatic heterocycles. The molecule has 3 aromatic rings. The number of rotatable bonds is 4. The summed E-state index contributed by atoms with van der Waals surface area (Å²) < 4.78 is 16.1. The van der Waals surface area contributed by atoms with Gasteiger partial charge in [0.05, 0.1) is 11.5 Å². The smallest absolute Gasteiger partial charge is 0.347 e. The Kier molecular flexibility index (Phi) is 4.25. The van der Waals surface area contributed by atoms with Gasteiger partial charge in [-0.2, -0.15) is 0 Å². The third-order valence-corrected chi connectivity index (χ3v) is 3.59. The van der Waals surface area contributed by atoms with Crippen LogP contribution in [0.3, 0.4) is 0 Å². The maximum Gasteiger partial charge on any atom is 0.347 e. The Morgan fingerprint density at radius 1 is 1.00 bits per heavy atom. The third kappa shape index (κ3) is 3.11. The second-order valence-electron chi connectivity index (χ2n) is 5.84. The van der Waals surface area contributed by atoms with Gasteiger partial charge in [0.2, 0.25) is 0 Å². The van der Waals surface area contributed by atoms with Crippen LogP contribution >= 0.6 is 0 Å². The van der Waals surface area contributed by atoms with E-state index in [1.54, 1.807) is 45.0 Å². The average Bonchev–Trinajstić information content (AvgIpc) is 2.54. The van der Waals surface area contributed by atoms with Gasteiger partial charge in [0, 0.05) is 11.5 Å². The minimum absolute atomic E-state index is 0.204. The zero-order chi connectivity index (χ0) is 17.3. The van der Waals surface area contributed by atoms with Crippen molar-refractivity contribution in [1.82, 2.24) is 0 Å². The largest absolute Gasteiger partial charge is 0.479 e. The van der Waals surface area contributed by atoms with Crippen molar-refractivity contribution >= 4 is 27.7 Å². The molecule has 0 spiro atoms. The van der Waals surface area contributed by atoms with Crippen LogP contribution in [0, 0.1) is 0 Å². The average molecular weight is 326 g/mol. The summed E-state index contributed by atoms with van der Waals surface area (Å²) in [6.07, 6.45) is -0.957. The molecule has 0 saturated carbocycles. The first-order valence-corrected chi connectivity index (χ1v) is 7.78. The summed E-state index contributed by atoms with van der Waals surface area (Å²) in [5, 5.41) is 2.17. The molecule has 0 aliphatic rings. The summed E-state index contributed by atoms with van der Waals surface area (Å²) >= 11 is 0.